The normalized spacial score (nSPS) is 11.0. The number of carbonyl (C=O) groups is 1. The molecule has 1 amide bonds. The molecule has 0 saturated heterocycles. The van der Waals surface area contributed by atoms with Gasteiger partial charge in [-0.15, -0.1) is 0 Å². The van der Waals surface area contributed by atoms with Crippen molar-refractivity contribution < 1.29 is 14.6 Å². The summed E-state index contributed by atoms with van der Waals surface area (Å²) in [6.07, 6.45) is 0. The Hall–Kier alpha value is -3.11. The highest BCUT2D eigenvalue weighted by atomic mass is 16.5. The zero-order chi connectivity index (χ0) is 18.4. The highest BCUT2D eigenvalue weighted by molar-refractivity contribution is 5.90. The van der Waals surface area contributed by atoms with Crippen LogP contribution in [0.2, 0.25) is 0 Å². The summed E-state index contributed by atoms with van der Waals surface area (Å²) < 4.78 is 5.14. The van der Waals surface area contributed by atoms with Crippen LogP contribution in [0.1, 0.15) is 16.7 Å². The first-order chi connectivity index (χ1) is 12.6. The number of nitrogens with one attached hydrogen (secondary N) is 1. The van der Waals surface area contributed by atoms with E-state index in [-0.39, 0.29) is 0 Å². The summed E-state index contributed by atoms with van der Waals surface area (Å²) in [6.45, 7) is 0.310. The third kappa shape index (κ3) is 3.60. The number of rotatable bonds is 6. The molecular weight excluding hydrogens is 326 g/mol. The first-order valence-corrected chi connectivity index (χ1v) is 8.39. The molecule has 3 aromatic rings. The van der Waals surface area contributed by atoms with E-state index in [9.17, 15) is 9.90 Å². The van der Waals surface area contributed by atoms with E-state index in [2.05, 4.69) is 5.32 Å². The van der Waals surface area contributed by atoms with Gasteiger partial charge in [0.1, 0.15) is 5.75 Å². The molecule has 2 N–H and O–H groups in total. The van der Waals surface area contributed by atoms with E-state index < -0.39 is 11.5 Å². The number of ether oxygens (including phenoxy) is 1. The van der Waals surface area contributed by atoms with Crippen molar-refractivity contribution in [2.75, 3.05) is 7.11 Å². The monoisotopic (exact) mass is 347 g/mol. The van der Waals surface area contributed by atoms with Crippen molar-refractivity contribution in [3.8, 4) is 5.75 Å². The predicted octanol–water partition coefficient (Wildman–Crippen LogP) is 3.25. The highest BCUT2D eigenvalue weighted by Crippen LogP contribution is 2.30. The van der Waals surface area contributed by atoms with E-state index in [1.807, 2.05) is 36.4 Å². The van der Waals surface area contributed by atoms with Gasteiger partial charge in [-0.1, -0.05) is 72.8 Å². The van der Waals surface area contributed by atoms with E-state index >= 15 is 0 Å². The molecule has 0 radical (unpaired) electrons. The fraction of sp³-hybridized carbons (Fsp3) is 0.136. The fourth-order valence-electron chi connectivity index (χ4n) is 2.84. The Morgan fingerprint density at radius 2 is 1.38 bits per heavy atom. The quantitative estimate of drug-likeness (QED) is 0.720. The van der Waals surface area contributed by atoms with Gasteiger partial charge >= 0.3 is 0 Å². The summed E-state index contributed by atoms with van der Waals surface area (Å²) in [5, 5.41) is 14.2. The Morgan fingerprint density at radius 3 is 1.85 bits per heavy atom. The van der Waals surface area contributed by atoms with E-state index in [0.29, 0.717) is 17.7 Å². The topological polar surface area (TPSA) is 58.6 Å². The summed E-state index contributed by atoms with van der Waals surface area (Å²) in [5.74, 6) is 0.288. The number of carbonyl (C=O) groups excluding carboxylic acids is 1. The summed E-state index contributed by atoms with van der Waals surface area (Å²) in [4.78, 5) is 13.0. The Bertz CT molecular complexity index is 806. The number of aliphatic hydroxyl groups is 1. The van der Waals surface area contributed by atoms with Crippen molar-refractivity contribution in [2.45, 2.75) is 12.1 Å². The van der Waals surface area contributed by atoms with Crippen LogP contribution in [0.15, 0.2) is 84.9 Å². The maximum Gasteiger partial charge on any atom is 0.261 e. The van der Waals surface area contributed by atoms with E-state index in [1.54, 1.807) is 55.6 Å². The highest BCUT2D eigenvalue weighted by Gasteiger charge is 2.39. The van der Waals surface area contributed by atoms with Crippen molar-refractivity contribution in [1.82, 2.24) is 5.32 Å². The Labute approximate surface area is 153 Å². The molecule has 0 bridgehead atoms. The molecule has 0 heterocycles. The minimum Gasteiger partial charge on any atom is -0.497 e. The molecule has 132 valence electrons. The van der Waals surface area contributed by atoms with Crippen LogP contribution in [0.5, 0.6) is 5.75 Å². The first-order valence-electron chi connectivity index (χ1n) is 8.39. The first kappa shape index (κ1) is 17.7. The largest absolute Gasteiger partial charge is 0.497 e. The molecule has 0 atom stereocenters. The Kier molecular flexibility index (Phi) is 5.34. The van der Waals surface area contributed by atoms with Gasteiger partial charge in [0.15, 0.2) is 5.60 Å². The number of benzene rings is 3. The van der Waals surface area contributed by atoms with Crippen LogP contribution in [0, 0.1) is 0 Å². The summed E-state index contributed by atoms with van der Waals surface area (Å²) in [6, 6.07) is 25.4. The van der Waals surface area contributed by atoms with Crippen molar-refractivity contribution in [1.29, 1.82) is 0 Å². The molecule has 4 heteroatoms. The zero-order valence-electron chi connectivity index (χ0n) is 14.6. The van der Waals surface area contributed by atoms with E-state index in [4.69, 9.17) is 4.74 Å². The third-order valence-electron chi connectivity index (χ3n) is 4.32. The molecule has 3 aromatic carbocycles. The van der Waals surface area contributed by atoms with Crippen LogP contribution in [0.25, 0.3) is 0 Å². The van der Waals surface area contributed by atoms with Crippen LogP contribution in [-0.4, -0.2) is 18.1 Å². The average Bonchev–Trinajstić information content (AvgIpc) is 2.73. The molecule has 3 rings (SSSR count). The molecule has 0 aliphatic carbocycles. The number of hydrogen-bond donors (Lipinski definition) is 2. The van der Waals surface area contributed by atoms with Crippen molar-refractivity contribution in [3.05, 3.63) is 102 Å². The van der Waals surface area contributed by atoms with Gasteiger partial charge in [0.05, 0.1) is 7.11 Å². The minimum atomic E-state index is -1.75. The SMILES string of the molecule is COc1ccc(CNC(=O)C(O)(c2ccccc2)c2ccccc2)cc1. The summed E-state index contributed by atoms with van der Waals surface area (Å²) in [5.41, 5.74) is 0.217. The summed E-state index contributed by atoms with van der Waals surface area (Å²) in [7, 11) is 1.61. The van der Waals surface area contributed by atoms with Crippen molar-refractivity contribution in [3.63, 3.8) is 0 Å². The van der Waals surface area contributed by atoms with Crippen LogP contribution < -0.4 is 10.1 Å². The maximum absolute atomic E-state index is 13.0. The number of methoxy groups -OCH3 is 1. The number of amides is 1. The van der Waals surface area contributed by atoms with Gasteiger partial charge in [-0.3, -0.25) is 4.79 Å². The molecule has 0 fully saturated rings. The predicted molar refractivity (Wildman–Crippen MR) is 101 cm³/mol. The molecule has 0 aliphatic heterocycles. The molecule has 0 aliphatic rings. The Balaban J connectivity index is 1.86. The minimum absolute atomic E-state index is 0.310. The lowest BCUT2D eigenvalue weighted by atomic mass is 9.85. The van der Waals surface area contributed by atoms with Gasteiger partial charge in [0, 0.05) is 6.54 Å². The summed E-state index contributed by atoms with van der Waals surface area (Å²) >= 11 is 0. The van der Waals surface area contributed by atoms with E-state index in [1.165, 1.54) is 0 Å². The standard InChI is InChI=1S/C22H21NO3/c1-26-20-14-12-17(13-15-20)16-23-21(24)22(25,18-8-4-2-5-9-18)19-10-6-3-7-11-19/h2-15,25H,16H2,1H3,(H,23,24). The molecular formula is C22H21NO3. The van der Waals surface area contributed by atoms with Crippen LogP contribution in [0.4, 0.5) is 0 Å². The smallest absolute Gasteiger partial charge is 0.261 e. The molecule has 26 heavy (non-hydrogen) atoms. The zero-order valence-corrected chi connectivity index (χ0v) is 14.6. The number of hydrogen-bond acceptors (Lipinski definition) is 3. The molecule has 0 unspecified atom stereocenters. The second kappa shape index (κ2) is 7.85. The fourth-order valence-corrected chi connectivity index (χ4v) is 2.84. The van der Waals surface area contributed by atoms with Gasteiger partial charge in [-0.25, -0.2) is 0 Å². The van der Waals surface area contributed by atoms with Crippen molar-refractivity contribution in [2.24, 2.45) is 0 Å². The van der Waals surface area contributed by atoms with Gasteiger partial charge in [0.25, 0.3) is 5.91 Å². The molecule has 0 aromatic heterocycles. The van der Waals surface area contributed by atoms with Gasteiger partial charge in [-0.2, -0.15) is 0 Å². The molecule has 0 spiro atoms. The average molecular weight is 347 g/mol. The Morgan fingerprint density at radius 1 is 0.885 bits per heavy atom. The third-order valence-corrected chi connectivity index (χ3v) is 4.32. The van der Waals surface area contributed by atoms with Crippen molar-refractivity contribution >= 4 is 5.91 Å². The lowest BCUT2D eigenvalue weighted by molar-refractivity contribution is -0.136. The van der Waals surface area contributed by atoms with Crippen LogP contribution in [0.3, 0.4) is 0 Å². The molecule has 0 saturated carbocycles. The maximum atomic E-state index is 13.0. The van der Waals surface area contributed by atoms with Crippen LogP contribution >= 0.6 is 0 Å². The van der Waals surface area contributed by atoms with Crippen LogP contribution in [-0.2, 0) is 16.9 Å². The van der Waals surface area contributed by atoms with Gasteiger partial charge in [0.2, 0.25) is 0 Å². The second-order valence-corrected chi connectivity index (χ2v) is 5.97. The van der Waals surface area contributed by atoms with Gasteiger partial charge in [-0.05, 0) is 28.8 Å². The van der Waals surface area contributed by atoms with Gasteiger partial charge < -0.3 is 15.2 Å². The van der Waals surface area contributed by atoms with E-state index in [0.717, 1.165) is 11.3 Å². The second-order valence-electron chi connectivity index (χ2n) is 5.97. The lowest BCUT2D eigenvalue weighted by Gasteiger charge is -2.28. The molecule has 4 nitrogen and oxygen atoms in total. The lowest BCUT2D eigenvalue weighted by Crippen LogP contribution is -2.45.